The second-order valence-electron chi connectivity index (χ2n) is 4.17. The van der Waals surface area contributed by atoms with Crippen LogP contribution in [0.4, 0.5) is 0 Å². The molecule has 0 unspecified atom stereocenters. The maximum Gasteiger partial charge on any atom is 0.223 e. The van der Waals surface area contributed by atoms with Gasteiger partial charge in [-0.2, -0.15) is 10.2 Å². The highest BCUT2D eigenvalue weighted by Gasteiger charge is 2.12. The predicted octanol–water partition coefficient (Wildman–Crippen LogP) is 1.84. The van der Waals surface area contributed by atoms with Crippen molar-refractivity contribution >= 4 is 11.0 Å². The molecule has 0 saturated heterocycles. The molecule has 0 radical (unpaired) electrons. The Kier molecular flexibility index (Phi) is 2.72. The molecule has 2 heterocycles. The van der Waals surface area contributed by atoms with E-state index in [4.69, 9.17) is 9.78 Å². The molecule has 0 spiro atoms. The Morgan fingerprint density at radius 3 is 2.89 bits per heavy atom. The first-order chi connectivity index (χ1) is 9.28. The van der Waals surface area contributed by atoms with E-state index >= 15 is 0 Å². The summed E-state index contributed by atoms with van der Waals surface area (Å²) < 4.78 is 6.91. The number of aromatic nitrogens is 4. The Balaban J connectivity index is 2.09. The summed E-state index contributed by atoms with van der Waals surface area (Å²) in [5.41, 5.74) is 1.84. The van der Waals surface area contributed by atoms with Gasteiger partial charge in [-0.15, -0.1) is 0 Å². The van der Waals surface area contributed by atoms with Crippen molar-refractivity contribution < 1.29 is 4.52 Å². The molecular formula is C13H11N5O. The van der Waals surface area contributed by atoms with Crippen molar-refractivity contribution in [2.24, 2.45) is 0 Å². The van der Waals surface area contributed by atoms with E-state index in [2.05, 4.69) is 21.2 Å². The van der Waals surface area contributed by atoms with E-state index in [1.54, 1.807) is 6.92 Å². The van der Waals surface area contributed by atoms with Gasteiger partial charge >= 0.3 is 0 Å². The molecule has 0 aliphatic heterocycles. The van der Waals surface area contributed by atoms with Crippen LogP contribution in [0.1, 0.15) is 17.5 Å². The third-order valence-corrected chi connectivity index (χ3v) is 2.84. The number of fused-ring (bicyclic) bond motifs is 1. The lowest BCUT2D eigenvalue weighted by Gasteiger charge is -2.03. The fourth-order valence-corrected chi connectivity index (χ4v) is 2.05. The molecule has 19 heavy (non-hydrogen) atoms. The summed E-state index contributed by atoms with van der Waals surface area (Å²) in [6.45, 7) is 2.20. The standard InChI is InChI=1S/C13H11N5O/c1-9-15-12(17-19-9)8-18-11-5-3-2-4-10(11)16-13(18)6-7-14/h2-5H,6,8H2,1H3. The molecule has 0 N–H and O–H groups in total. The monoisotopic (exact) mass is 253 g/mol. The molecule has 6 nitrogen and oxygen atoms in total. The van der Waals surface area contributed by atoms with E-state index < -0.39 is 0 Å². The van der Waals surface area contributed by atoms with Gasteiger partial charge in [0.1, 0.15) is 5.82 Å². The van der Waals surface area contributed by atoms with Crippen molar-refractivity contribution in [2.75, 3.05) is 0 Å². The number of nitrogens with zero attached hydrogens (tertiary/aromatic N) is 5. The maximum atomic E-state index is 8.89. The summed E-state index contributed by atoms with van der Waals surface area (Å²) in [4.78, 5) is 8.64. The van der Waals surface area contributed by atoms with Crippen molar-refractivity contribution in [3.8, 4) is 6.07 Å². The lowest BCUT2D eigenvalue weighted by atomic mass is 10.3. The number of hydrogen-bond acceptors (Lipinski definition) is 5. The molecule has 1 aromatic carbocycles. The van der Waals surface area contributed by atoms with Crippen LogP contribution in [-0.4, -0.2) is 19.7 Å². The van der Waals surface area contributed by atoms with Crippen molar-refractivity contribution in [1.29, 1.82) is 5.26 Å². The third kappa shape index (κ3) is 2.06. The summed E-state index contributed by atoms with van der Waals surface area (Å²) in [5, 5.41) is 12.8. The van der Waals surface area contributed by atoms with Crippen LogP contribution in [0.25, 0.3) is 11.0 Å². The summed E-state index contributed by atoms with van der Waals surface area (Å²) in [6.07, 6.45) is 0.255. The fraction of sp³-hybridized carbons (Fsp3) is 0.231. The highest BCUT2D eigenvalue weighted by molar-refractivity contribution is 5.76. The van der Waals surface area contributed by atoms with Crippen molar-refractivity contribution in [2.45, 2.75) is 19.9 Å². The minimum atomic E-state index is 0.255. The smallest absolute Gasteiger partial charge is 0.223 e. The van der Waals surface area contributed by atoms with Gasteiger partial charge in [-0.25, -0.2) is 4.98 Å². The van der Waals surface area contributed by atoms with Crippen LogP contribution in [0.15, 0.2) is 28.8 Å². The van der Waals surface area contributed by atoms with E-state index in [1.807, 2.05) is 28.8 Å². The van der Waals surface area contributed by atoms with Gasteiger partial charge in [-0.1, -0.05) is 17.3 Å². The number of hydrogen-bond donors (Lipinski definition) is 0. The average molecular weight is 253 g/mol. The second-order valence-corrected chi connectivity index (χ2v) is 4.17. The van der Waals surface area contributed by atoms with E-state index in [-0.39, 0.29) is 6.42 Å². The number of nitriles is 1. The van der Waals surface area contributed by atoms with E-state index in [0.717, 1.165) is 11.0 Å². The molecule has 3 aromatic rings. The molecular weight excluding hydrogens is 242 g/mol. The maximum absolute atomic E-state index is 8.89. The first kappa shape index (κ1) is 11.4. The van der Waals surface area contributed by atoms with Gasteiger partial charge in [-0.05, 0) is 12.1 Å². The molecule has 6 heteroatoms. The zero-order chi connectivity index (χ0) is 13.2. The highest BCUT2D eigenvalue weighted by atomic mass is 16.5. The van der Waals surface area contributed by atoms with Crippen LogP contribution in [0.3, 0.4) is 0 Å². The van der Waals surface area contributed by atoms with Crippen LogP contribution in [0, 0.1) is 18.3 Å². The molecule has 0 bridgehead atoms. The highest BCUT2D eigenvalue weighted by Crippen LogP contribution is 2.17. The fourth-order valence-electron chi connectivity index (χ4n) is 2.05. The molecule has 0 aliphatic carbocycles. The van der Waals surface area contributed by atoms with Gasteiger partial charge in [0, 0.05) is 6.92 Å². The molecule has 2 aromatic heterocycles. The summed E-state index contributed by atoms with van der Waals surface area (Å²) in [7, 11) is 0. The third-order valence-electron chi connectivity index (χ3n) is 2.84. The van der Waals surface area contributed by atoms with Crippen LogP contribution in [0.2, 0.25) is 0 Å². The molecule has 0 atom stereocenters. The Bertz CT molecular complexity index is 765. The molecule has 0 saturated carbocycles. The second kappa shape index (κ2) is 4.53. The van der Waals surface area contributed by atoms with Crippen LogP contribution in [0.5, 0.6) is 0 Å². The minimum Gasteiger partial charge on any atom is -0.340 e. The SMILES string of the molecule is Cc1nc(Cn2c(CC#N)nc3ccccc32)no1. The lowest BCUT2D eigenvalue weighted by molar-refractivity contribution is 0.386. The van der Waals surface area contributed by atoms with Gasteiger partial charge < -0.3 is 9.09 Å². The molecule has 0 fully saturated rings. The largest absolute Gasteiger partial charge is 0.340 e. The Morgan fingerprint density at radius 2 is 2.16 bits per heavy atom. The quantitative estimate of drug-likeness (QED) is 0.711. The van der Waals surface area contributed by atoms with Crippen molar-refractivity contribution in [1.82, 2.24) is 19.7 Å². The van der Waals surface area contributed by atoms with Crippen LogP contribution >= 0.6 is 0 Å². The molecule has 0 aliphatic rings. The first-order valence-corrected chi connectivity index (χ1v) is 5.88. The van der Waals surface area contributed by atoms with Gasteiger partial charge in [0.05, 0.1) is 30.1 Å². The minimum absolute atomic E-state index is 0.255. The Hall–Kier alpha value is -2.68. The van der Waals surface area contributed by atoms with Crippen LogP contribution in [-0.2, 0) is 13.0 Å². The Labute approximate surface area is 109 Å². The first-order valence-electron chi connectivity index (χ1n) is 5.88. The number of aryl methyl sites for hydroxylation is 1. The number of benzene rings is 1. The van der Waals surface area contributed by atoms with E-state index in [1.165, 1.54) is 0 Å². The number of para-hydroxylation sites is 2. The number of rotatable bonds is 3. The zero-order valence-electron chi connectivity index (χ0n) is 10.4. The van der Waals surface area contributed by atoms with E-state index in [9.17, 15) is 0 Å². The van der Waals surface area contributed by atoms with Gasteiger partial charge in [0.15, 0.2) is 5.82 Å². The zero-order valence-corrected chi connectivity index (χ0v) is 10.4. The van der Waals surface area contributed by atoms with Gasteiger partial charge in [0.25, 0.3) is 0 Å². The average Bonchev–Trinajstić information content (AvgIpc) is 2.96. The number of imidazole rings is 1. The van der Waals surface area contributed by atoms with Gasteiger partial charge in [-0.3, -0.25) is 0 Å². The van der Waals surface area contributed by atoms with Crippen molar-refractivity contribution in [3.63, 3.8) is 0 Å². The summed E-state index contributed by atoms with van der Waals surface area (Å²) >= 11 is 0. The van der Waals surface area contributed by atoms with Crippen molar-refractivity contribution in [3.05, 3.63) is 41.8 Å². The Morgan fingerprint density at radius 1 is 1.32 bits per heavy atom. The lowest BCUT2D eigenvalue weighted by Crippen LogP contribution is -2.06. The van der Waals surface area contributed by atoms with Gasteiger partial charge in [0.2, 0.25) is 5.89 Å². The molecule has 3 rings (SSSR count). The summed E-state index contributed by atoms with van der Waals surface area (Å²) in [5.74, 6) is 1.83. The normalized spacial score (nSPS) is 10.7. The summed E-state index contributed by atoms with van der Waals surface area (Å²) in [6, 6.07) is 9.89. The molecule has 0 amide bonds. The topological polar surface area (TPSA) is 80.5 Å². The van der Waals surface area contributed by atoms with Crippen LogP contribution < -0.4 is 0 Å². The molecule has 94 valence electrons. The van der Waals surface area contributed by atoms with E-state index in [0.29, 0.717) is 24.1 Å². The predicted molar refractivity (Wildman–Crippen MR) is 67.2 cm³/mol.